The number of aliphatic imine (C=N–C) groups is 1. The molecule has 0 saturated carbocycles. The SMILES string of the molecule is O=C1C=C(O)N=CC1.[Fe]. The summed E-state index contributed by atoms with van der Waals surface area (Å²) in [6, 6.07) is 0. The van der Waals surface area contributed by atoms with Crippen molar-refractivity contribution in [2.45, 2.75) is 6.42 Å². The van der Waals surface area contributed by atoms with Crippen LogP contribution >= 0.6 is 0 Å². The van der Waals surface area contributed by atoms with Crippen LogP contribution in [0.5, 0.6) is 0 Å². The molecule has 1 N–H and O–H groups in total. The minimum atomic E-state index is -0.193. The average molecular weight is 167 g/mol. The molecule has 0 saturated heterocycles. The summed E-state index contributed by atoms with van der Waals surface area (Å²) in [7, 11) is 0. The Morgan fingerprint density at radius 2 is 2.33 bits per heavy atom. The summed E-state index contributed by atoms with van der Waals surface area (Å²) >= 11 is 0. The van der Waals surface area contributed by atoms with Crippen molar-refractivity contribution in [2.75, 3.05) is 0 Å². The number of carbonyl (C=O) groups excluding carboxylic acids is 1. The number of nitrogens with zero attached hydrogens (tertiary/aromatic N) is 1. The van der Waals surface area contributed by atoms with Crippen molar-refractivity contribution in [3.05, 3.63) is 12.0 Å². The van der Waals surface area contributed by atoms with Gasteiger partial charge >= 0.3 is 0 Å². The van der Waals surface area contributed by atoms with Gasteiger partial charge in [-0.15, -0.1) is 0 Å². The molecule has 0 aromatic heterocycles. The van der Waals surface area contributed by atoms with Crippen LogP contribution in [0.4, 0.5) is 0 Å². The van der Waals surface area contributed by atoms with Crippen molar-refractivity contribution in [2.24, 2.45) is 4.99 Å². The molecular weight excluding hydrogens is 162 g/mol. The van der Waals surface area contributed by atoms with Crippen molar-refractivity contribution < 1.29 is 27.0 Å². The summed E-state index contributed by atoms with van der Waals surface area (Å²) < 4.78 is 0. The molecule has 0 fully saturated rings. The first kappa shape index (κ1) is 8.40. The maximum atomic E-state index is 10.3. The van der Waals surface area contributed by atoms with Crippen LogP contribution < -0.4 is 0 Å². The van der Waals surface area contributed by atoms with E-state index in [9.17, 15) is 4.79 Å². The number of hydrogen-bond donors (Lipinski definition) is 1. The Morgan fingerprint density at radius 1 is 1.67 bits per heavy atom. The number of aliphatic hydroxyl groups excluding tert-OH is 1. The van der Waals surface area contributed by atoms with Crippen LogP contribution in [-0.4, -0.2) is 17.1 Å². The molecule has 1 aliphatic heterocycles. The molecule has 3 nitrogen and oxygen atoms in total. The molecule has 50 valence electrons. The first-order valence-corrected chi connectivity index (χ1v) is 2.25. The normalized spacial score (nSPS) is 16.4. The van der Waals surface area contributed by atoms with Gasteiger partial charge in [-0.3, -0.25) is 4.79 Å². The minimum absolute atomic E-state index is 0. The number of aliphatic hydroxyl groups is 1. The van der Waals surface area contributed by atoms with Crippen molar-refractivity contribution in [1.82, 2.24) is 0 Å². The fraction of sp³-hybridized carbons (Fsp3) is 0.200. The molecule has 1 aliphatic rings. The summed E-state index contributed by atoms with van der Waals surface area (Å²) in [6.45, 7) is 0. The van der Waals surface area contributed by atoms with Crippen molar-refractivity contribution in [1.29, 1.82) is 0 Å². The third-order valence-electron chi connectivity index (χ3n) is 0.806. The van der Waals surface area contributed by atoms with Gasteiger partial charge in [-0.05, 0) is 0 Å². The van der Waals surface area contributed by atoms with Crippen LogP contribution in [-0.2, 0) is 21.9 Å². The van der Waals surface area contributed by atoms with Gasteiger partial charge < -0.3 is 5.11 Å². The van der Waals surface area contributed by atoms with E-state index in [0.29, 0.717) is 6.42 Å². The first-order chi connectivity index (χ1) is 3.79. The number of allylic oxidation sites excluding steroid dienone is 1. The minimum Gasteiger partial charge on any atom is -0.493 e. The Labute approximate surface area is 63.0 Å². The van der Waals surface area contributed by atoms with Crippen LogP contribution in [0.25, 0.3) is 0 Å². The van der Waals surface area contributed by atoms with Crippen LogP contribution in [0.1, 0.15) is 6.42 Å². The van der Waals surface area contributed by atoms with E-state index >= 15 is 0 Å². The van der Waals surface area contributed by atoms with E-state index in [4.69, 9.17) is 5.11 Å². The van der Waals surface area contributed by atoms with Crippen LogP contribution in [0.3, 0.4) is 0 Å². The molecule has 0 aliphatic carbocycles. The molecule has 0 aromatic rings. The third-order valence-corrected chi connectivity index (χ3v) is 0.806. The zero-order valence-corrected chi connectivity index (χ0v) is 5.62. The summed E-state index contributed by atoms with van der Waals surface area (Å²) in [4.78, 5) is 13.8. The van der Waals surface area contributed by atoms with Gasteiger partial charge in [0.25, 0.3) is 0 Å². The van der Waals surface area contributed by atoms with Crippen LogP contribution in [0.15, 0.2) is 17.0 Å². The summed E-state index contributed by atoms with van der Waals surface area (Å²) in [6.07, 6.45) is 2.81. The van der Waals surface area contributed by atoms with Gasteiger partial charge in [-0.1, -0.05) is 0 Å². The van der Waals surface area contributed by atoms with Crippen LogP contribution in [0, 0.1) is 0 Å². The zero-order chi connectivity index (χ0) is 5.98. The van der Waals surface area contributed by atoms with Gasteiger partial charge in [0.05, 0.1) is 0 Å². The van der Waals surface area contributed by atoms with Gasteiger partial charge in [-0.2, -0.15) is 0 Å². The molecule has 0 amide bonds. The van der Waals surface area contributed by atoms with Gasteiger partial charge in [0, 0.05) is 35.8 Å². The smallest absolute Gasteiger partial charge is 0.213 e. The second-order valence-corrected chi connectivity index (χ2v) is 1.48. The summed E-state index contributed by atoms with van der Waals surface area (Å²) in [5.41, 5.74) is 0. The monoisotopic (exact) mass is 167 g/mol. The molecular formula is C5H5FeNO2. The molecule has 0 bridgehead atoms. The topological polar surface area (TPSA) is 49.7 Å². The van der Waals surface area contributed by atoms with Gasteiger partial charge in [0.15, 0.2) is 5.78 Å². The largest absolute Gasteiger partial charge is 0.493 e. The van der Waals surface area contributed by atoms with E-state index in [-0.39, 0.29) is 28.7 Å². The van der Waals surface area contributed by atoms with Crippen molar-refractivity contribution in [3.8, 4) is 0 Å². The summed E-state index contributed by atoms with van der Waals surface area (Å²) in [5, 5.41) is 8.52. The molecule has 4 heteroatoms. The zero-order valence-electron chi connectivity index (χ0n) is 4.52. The Morgan fingerprint density at radius 3 is 2.67 bits per heavy atom. The number of rotatable bonds is 0. The Hall–Kier alpha value is -0.601. The van der Waals surface area contributed by atoms with Crippen LogP contribution in [0.2, 0.25) is 0 Å². The van der Waals surface area contributed by atoms with E-state index in [1.54, 1.807) is 0 Å². The Kier molecular flexibility index (Phi) is 3.20. The third kappa shape index (κ3) is 2.44. The van der Waals surface area contributed by atoms with E-state index in [0.717, 1.165) is 6.08 Å². The average Bonchev–Trinajstić information content (AvgIpc) is 1.64. The quantitative estimate of drug-likeness (QED) is 0.531. The summed E-state index contributed by atoms with van der Waals surface area (Å²) in [5.74, 6) is -0.293. The fourth-order valence-corrected chi connectivity index (χ4v) is 0.469. The van der Waals surface area contributed by atoms with E-state index < -0.39 is 0 Å². The molecule has 0 atom stereocenters. The van der Waals surface area contributed by atoms with Crippen molar-refractivity contribution in [3.63, 3.8) is 0 Å². The maximum absolute atomic E-state index is 10.3. The second kappa shape index (κ2) is 3.43. The molecule has 0 spiro atoms. The predicted molar refractivity (Wildman–Crippen MR) is 28.8 cm³/mol. The fourth-order valence-electron chi connectivity index (χ4n) is 0.469. The molecule has 1 rings (SSSR count). The van der Waals surface area contributed by atoms with Gasteiger partial charge in [0.1, 0.15) is 0 Å². The molecule has 0 radical (unpaired) electrons. The Bertz CT molecular complexity index is 174. The molecule has 0 aromatic carbocycles. The second-order valence-electron chi connectivity index (χ2n) is 1.48. The maximum Gasteiger partial charge on any atom is 0.213 e. The van der Waals surface area contributed by atoms with Gasteiger partial charge in [0.2, 0.25) is 5.88 Å². The molecule has 9 heavy (non-hydrogen) atoms. The standard InChI is InChI=1S/C5H5NO2.Fe/c7-4-1-2-6-5(8)3-4;/h2-3,8H,1H2;. The van der Waals surface area contributed by atoms with Gasteiger partial charge in [-0.25, -0.2) is 4.99 Å². The van der Waals surface area contributed by atoms with E-state index in [1.807, 2.05) is 0 Å². The number of ketones is 1. The Balaban J connectivity index is 0.000000640. The number of carbonyl (C=O) groups is 1. The number of hydrogen-bond acceptors (Lipinski definition) is 3. The molecule has 1 heterocycles. The van der Waals surface area contributed by atoms with E-state index in [2.05, 4.69) is 4.99 Å². The first-order valence-electron chi connectivity index (χ1n) is 2.25. The predicted octanol–water partition coefficient (Wildman–Crippen LogP) is 0.427. The molecule has 0 unspecified atom stereocenters. The van der Waals surface area contributed by atoms with Crippen molar-refractivity contribution >= 4 is 12.0 Å². The van der Waals surface area contributed by atoms with E-state index in [1.165, 1.54) is 6.21 Å².